The first-order valence-electron chi connectivity index (χ1n) is 8.92. The van der Waals surface area contributed by atoms with Gasteiger partial charge in [-0.3, -0.25) is 0 Å². The van der Waals surface area contributed by atoms with Crippen molar-refractivity contribution in [1.82, 2.24) is 0 Å². The van der Waals surface area contributed by atoms with Crippen LogP contribution in [0.1, 0.15) is 25.3 Å². The fourth-order valence-electron chi connectivity index (χ4n) is 2.68. The molecule has 3 aromatic rings. The molecule has 0 unspecified atom stereocenters. The van der Waals surface area contributed by atoms with Crippen LogP contribution in [0.2, 0.25) is 0 Å². The summed E-state index contributed by atoms with van der Waals surface area (Å²) in [7, 11) is 0. The molecule has 3 rings (SSSR count). The predicted molar refractivity (Wildman–Crippen MR) is 119 cm³/mol. The Kier molecular flexibility index (Phi) is 6.92. The van der Waals surface area contributed by atoms with E-state index >= 15 is 0 Å². The average Bonchev–Trinajstić information content (AvgIpc) is 2.69. The van der Waals surface area contributed by atoms with Gasteiger partial charge in [0.1, 0.15) is 11.5 Å². The Bertz CT molecular complexity index is 969. The van der Waals surface area contributed by atoms with E-state index in [2.05, 4.69) is 45.7 Å². The minimum atomic E-state index is -0.461. The van der Waals surface area contributed by atoms with E-state index in [0.717, 1.165) is 20.1 Å². The second kappa shape index (κ2) is 9.39. The lowest BCUT2D eigenvalue weighted by molar-refractivity contribution is -0.136. The van der Waals surface area contributed by atoms with Crippen molar-refractivity contribution in [1.29, 1.82) is 0 Å². The zero-order valence-electron chi connectivity index (χ0n) is 15.6. The molecule has 0 aliphatic rings. The minimum Gasteiger partial charge on any atom is -0.481 e. The smallest absolute Gasteiger partial charge is 0.349 e. The lowest BCUT2D eigenvalue weighted by Gasteiger charge is -2.12. The van der Waals surface area contributed by atoms with Crippen LogP contribution in [-0.4, -0.2) is 12.6 Å². The second-order valence-corrected chi connectivity index (χ2v) is 8.33. The molecule has 0 saturated carbocycles. The van der Waals surface area contributed by atoms with E-state index in [9.17, 15) is 4.79 Å². The van der Waals surface area contributed by atoms with Crippen molar-refractivity contribution in [3.05, 3.63) is 81.2 Å². The van der Waals surface area contributed by atoms with Crippen LogP contribution in [0.5, 0.6) is 11.5 Å². The van der Waals surface area contributed by atoms with E-state index in [4.69, 9.17) is 9.47 Å². The van der Waals surface area contributed by atoms with Crippen LogP contribution in [0.25, 0.3) is 11.1 Å². The van der Waals surface area contributed by atoms with Crippen molar-refractivity contribution >= 4 is 37.8 Å². The molecule has 3 nitrogen and oxygen atoms in total. The summed E-state index contributed by atoms with van der Waals surface area (Å²) >= 11 is 6.97. The zero-order valence-corrected chi connectivity index (χ0v) is 18.8. The van der Waals surface area contributed by atoms with Gasteiger partial charge in [-0.1, -0.05) is 56.3 Å². The molecule has 3 aromatic carbocycles. The maximum atomic E-state index is 12.2. The molecule has 0 saturated heterocycles. The Morgan fingerprint density at radius 2 is 1.54 bits per heavy atom. The summed E-state index contributed by atoms with van der Waals surface area (Å²) in [4.78, 5) is 12.2. The minimum absolute atomic E-state index is 0.179. The summed E-state index contributed by atoms with van der Waals surface area (Å²) in [6.45, 7) is 4.05. The number of hydrogen-bond donors (Lipinski definition) is 0. The van der Waals surface area contributed by atoms with Gasteiger partial charge < -0.3 is 9.47 Å². The van der Waals surface area contributed by atoms with E-state index in [1.165, 1.54) is 5.56 Å². The predicted octanol–water partition coefficient (Wildman–Crippen LogP) is 6.99. The molecule has 0 fully saturated rings. The summed E-state index contributed by atoms with van der Waals surface area (Å²) in [5, 5.41) is 0. The topological polar surface area (TPSA) is 35.5 Å². The van der Waals surface area contributed by atoms with Crippen molar-refractivity contribution in [2.45, 2.75) is 19.8 Å². The summed E-state index contributed by atoms with van der Waals surface area (Å²) in [5.74, 6) is 1.01. The Balaban J connectivity index is 1.62. The van der Waals surface area contributed by atoms with E-state index < -0.39 is 5.97 Å². The molecule has 144 valence electrons. The van der Waals surface area contributed by atoms with E-state index in [0.29, 0.717) is 17.4 Å². The molecule has 0 aliphatic heterocycles. The number of hydrogen-bond acceptors (Lipinski definition) is 3. The van der Waals surface area contributed by atoms with Gasteiger partial charge in [-0.05, 0) is 78.7 Å². The monoisotopic (exact) mass is 502 g/mol. The third-order valence-electron chi connectivity index (χ3n) is 4.23. The molecule has 0 spiro atoms. The highest BCUT2D eigenvalue weighted by molar-refractivity contribution is 9.10. The molecular weight excluding hydrogens is 484 g/mol. The van der Waals surface area contributed by atoms with Crippen LogP contribution < -0.4 is 9.47 Å². The summed E-state index contributed by atoms with van der Waals surface area (Å²) in [6.07, 6.45) is 0. The number of halogens is 2. The SMILES string of the molecule is CC(C)c1ccc(OC(=O)COc2ccc(-c3ccccc3)cc2Br)c(Br)c1. The Hall–Kier alpha value is -2.11. The summed E-state index contributed by atoms with van der Waals surface area (Å²) < 4.78 is 12.6. The molecular formula is C23H20Br2O3. The van der Waals surface area contributed by atoms with E-state index in [1.807, 2.05) is 60.7 Å². The number of carbonyl (C=O) groups excluding carboxylic acids is 1. The fourth-order valence-corrected chi connectivity index (χ4v) is 3.65. The normalized spacial score (nSPS) is 10.8. The third kappa shape index (κ3) is 5.24. The molecule has 0 amide bonds. The first kappa shape index (κ1) is 20.6. The zero-order chi connectivity index (χ0) is 20.1. The van der Waals surface area contributed by atoms with E-state index in [1.54, 1.807) is 6.07 Å². The van der Waals surface area contributed by atoms with Crippen LogP contribution in [0.15, 0.2) is 75.7 Å². The molecule has 28 heavy (non-hydrogen) atoms. The Labute approximate surface area is 181 Å². The maximum absolute atomic E-state index is 12.2. The molecule has 0 bridgehead atoms. The lowest BCUT2D eigenvalue weighted by Crippen LogP contribution is -2.18. The van der Waals surface area contributed by atoms with Crippen LogP contribution in [-0.2, 0) is 4.79 Å². The highest BCUT2D eigenvalue weighted by atomic mass is 79.9. The van der Waals surface area contributed by atoms with Gasteiger partial charge in [0.15, 0.2) is 6.61 Å². The van der Waals surface area contributed by atoms with Crippen molar-refractivity contribution < 1.29 is 14.3 Å². The molecule has 5 heteroatoms. The van der Waals surface area contributed by atoms with Crippen LogP contribution >= 0.6 is 31.9 Å². The molecule has 0 aromatic heterocycles. The second-order valence-electron chi connectivity index (χ2n) is 6.62. The number of rotatable bonds is 6. The van der Waals surface area contributed by atoms with Crippen molar-refractivity contribution in [3.63, 3.8) is 0 Å². The van der Waals surface area contributed by atoms with Gasteiger partial charge in [-0.2, -0.15) is 0 Å². The summed E-state index contributed by atoms with van der Waals surface area (Å²) in [6, 6.07) is 21.5. The molecule has 0 heterocycles. The first-order chi connectivity index (χ1) is 13.4. The summed E-state index contributed by atoms with van der Waals surface area (Å²) in [5.41, 5.74) is 3.35. The highest BCUT2D eigenvalue weighted by Crippen LogP contribution is 2.31. The van der Waals surface area contributed by atoms with Gasteiger partial charge in [0, 0.05) is 0 Å². The van der Waals surface area contributed by atoms with Crippen LogP contribution in [0, 0.1) is 0 Å². The van der Waals surface area contributed by atoms with Crippen molar-refractivity contribution in [3.8, 4) is 22.6 Å². The maximum Gasteiger partial charge on any atom is 0.349 e. The first-order valence-corrected chi connectivity index (χ1v) is 10.5. The molecule has 0 aliphatic carbocycles. The quantitative estimate of drug-likeness (QED) is 0.268. The fraction of sp³-hybridized carbons (Fsp3) is 0.174. The van der Waals surface area contributed by atoms with E-state index in [-0.39, 0.29) is 6.61 Å². The number of benzene rings is 3. The average molecular weight is 504 g/mol. The van der Waals surface area contributed by atoms with Gasteiger partial charge in [-0.15, -0.1) is 0 Å². The third-order valence-corrected chi connectivity index (χ3v) is 5.47. The number of carbonyl (C=O) groups is 1. The van der Waals surface area contributed by atoms with Gasteiger partial charge in [-0.25, -0.2) is 4.79 Å². The van der Waals surface area contributed by atoms with Crippen LogP contribution in [0.4, 0.5) is 0 Å². The Morgan fingerprint density at radius 1 is 0.857 bits per heavy atom. The standard InChI is InChI=1S/C23H20Br2O3/c1-15(2)17-8-11-22(20(25)12-17)28-23(26)14-27-21-10-9-18(13-19(21)24)16-6-4-3-5-7-16/h3-13,15H,14H2,1-2H3. The number of esters is 1. The van der Waals surface area contributed by atoms with Gasteiger partial charge in [0.2, 0.25) is 0 Å². The molecule has 0 N–H and O–H groups in total. The van der Waals surface area contributed by atoms with Gasteiger partial charge >= 0.3 is 5.97 Å². The van der Waals surface area contributed by atoms with Gasteiger partial charge in [0.05, 0.1) is 8.95 Å². The van der Waals surface area contributed by atoms with Crippen molar-refractivity contribution in [2.75, 3.05) is 6.61 Å². The lowest BCUT2D eigenvalue weighted by atomic mass is 10.0. The number of ether oxygens (including phenoxy) is 2. The highest BCUT2D eigenvalue weighted by Gasteiger charge is 2.12. The van der Waals surface area contributed by atoms with Gasteiger partial charge in [0.25, 0.3) is 0 Å². The molecule has 0 radical (unpaired) electrons. The largest absolute Gasteiger partial charge is 0.481 e. The Morgan fingerprint density at radius 3 is 2.18 bits per heavy atom. The van der Waals surface area contributed by atoms with Crippen LogP contribution in [0.3, 0.4) is 0 Å². The van der Waals surface area contributed by atoms with Crippen molar-refractivity contribution in [2.24, 2.45) is 0 Å². The molecule has 0 atom stereocenters.